The van der Waals surface area contributed by atoms with Crippen LogP contribution in [0.2, 0.25) is 0 Å². The summed E-state index contributed by atoms with van der Waals surface area (Å²) in [4.78, 5) is 0. The smallest absolute Gasteiger partial charge is 0.403 e. The van der Waals surface area contributed by atoms with Crippen LogP contribution in [-0.4, -0.2) is 6.36 Å². The van der Waals surface area contributed by atoms with Crippen molar-refractivity contribution in [1.82, 2.24) is 0 Å². The fourth-order valence-corrected chi connectivity index (χ4v) is 1.07. The molecule has 0 heterocycles. The van der Waals surface area contributed by atoms with Crippen LogP contribution in [0.1, 0.15) is 11.6 Å². The first kappa shape index (κ1) is 12.5. The standard InChI is InChI=1S/C10H9F4NO/c1-2-8(15)6-3-4-9(7(11)5-6)16-10(12,13)14/h2-5,8H,1,15H2. The summed E-state index contributed by atoms with van der Waals surface area (Å²) in [5.41, 5.74) is 5.81. The Balaban J connectivity index is 2.96. The molecule has 0 fully saturated rings. The topological polar surface area (TPSA) is 35.2 Å². The van der Waals surface area contributed by atoms with Crippen molar-refractivity contribution in [3.05, 3.63) is 42.2 Å². The molecule has 16 heavy (non-hydrogen) atoms. The van der Waals surface area contributed by atoms with Gasteiger partial charge in [-0.3, -0.25) is 0 Å². The zero-order valence-corrected chi connectivity index (χ0v) is 8.09. The third-order valence-corrected chi connectivity index (χ3v) is 1.82. The molecule has 0 aromatic heterocycles. The number of halogens is 4. The molecule has 88 valence electrons. The van der Waals surface area contributed by atoms with Gasteiger partial charge in [-0.1, -0.05) is 12.1 Å². The maximum absolute atomic E-state index is 13.2. The molecule has 0 radical (unpaired) electrons. The maximum Gasteiger partial charge on any atom is 0.573 e. The maximum atomic E-state index is 13.2. The van der Waals surface area contributed by atoms with E-state index >= 15 is 0 Å². The molecular formula is C10H9F4NO. The predicted octanol–water partition coefficient (Wildman–Crippen LogP) is 2.91. The Morgan fingerprint density at radius 3 is 2.44 bits per heavy atom. The fourth-order valence-electron chi connectivity index (χ4n) is 1.07. The summed E-state index contributed by atoms with van der Waals surface area (Å²) in [5.74, 6) is -2.00. The van der Waals surface area contributed by atoms with Gasteiger partial charge in [0.25, 0.3) is 0 Å². The molecule has 0 saturated carbocycles. The van der Waals surface area contributed by atoms with Gasteiger partial charge in [0.2, 0.25) is 0 Å². The zero-order chi connectivity index (χ0) is 12.3. The van der Waals surface area contributed by atoms with E-state index in [-0.39, 0.29) is 0 Å². The summed E-state index contributed by atoms with van der Waals surface area (Å²) in [6, 6.07) is 2.38. The van der Waals surface area contributed by atoms with Crippen molar-refractivity contribution in [2.75, 3.05) is 0 Å². The highest BCUT2D eigenvalue weighted by molar-refractivity contribution is 5.32. The second kappa shape index (κ2) is 4.52. The van der Waals surface area contributed by atoms with Gasteiger partial charge in [0, 0.05) is 6.04 Å². The summed E-state index contributed by atoms with van der Waals surface area (Å²) in [5, 5.41) is 0. The van der Waals surface area contributed by atoms with Crippen LogP contribution in [0.3, 0.4) is 0 Å². The van der Waals surface area contributed by atoms with Gasteiger partial charge in [-0.15, -0.1) is 19.8 Å². The summed E-state index contributed by atoms with van der Waals surface area (Å²) in [6.45, 7) is 3.39. The highest BCUT2D eigenvalue weighted by Gasteiger charge is 2.32. The summed E-state index contributed by atoms with van der Waals surface area (Å²) >= 11 is 0. The minimum atomic E-state index is -4.91. The van der Waals surface area contributed by atoms with Crippen molar-refractivity contribution in [3.8, 4) is 5.75 Å². The van der Waals surface area contributed by atoms with Crippen LogP contribution in [0.15, 0.2) is 30.9 Å². The molecule has 0 aliphatic carbocycles. The van der Waals surface area contributed by atoms with Crippen molar-refractivity contribution in [3.63, 3.8) is 0 Å². The Morgan fingerprint density at radius 2 is 2.00 bits per heavy atom. The van der Waals surface area contributed by atoms with Crippen molar-refractivity contribution in [2.45, 2.75) is 12.4 Å². The molecule has 1 rings (SSSR count). The molecular weight excluding hydrogens is 226 g/mol. The lowest BCUT2D eigenvalue weighted by atomic mass is 10.1. The second-order valence-electron chi connectivity index (χ2n) is 3.00. The number of rotatable bonds is 3. The lowest BCUT2D eigenvalue weighted by Gasteiger charge is -2.12. The molecule has 0 amide bonds. The van der Waals surface area contributed by atoms with Crippen LogP contribution in [0.5, 0.6) is 5.75 Å². The number of nitrogens with two attached hydrogens (primary N) is 1. The zero-order valence-electron chi connectivity index (χ0n) is 8.09. The Bertz CT molecular complexity index is 389. The molecule has 0 aliphatic heterocycles. The van der Waals surface area contributed by atoms with Crippen LogP contribution < -0.4 is 10.5 Å². The van der Waals surface area contributed by atoms with E-state index in [4.69, 9.17) is 5.73 Å². The average Bonchev–Trinajstić information content (AvgIpc) is 2.18. The van der Waals surface area contributed by atoms with Crippen LogP contribution in [0.25, 0.3) is 0 Å². The quantitative estimate of drug-likeness (QED) is 0.645. The van der Waals surface area contributed by atoms with Gasteiger partial charge < -0.3 is 10.5 Å². The van der Waals surface area contributed by atoms with E-state index in [1.54, 1.807) is 0 Å². The molecule has 1 atom stereocenters. The number of benzene rings is 1. The normalized spacial score (nSPS) is 13.3. The van der Waals surface area contributed by atoms with E-state index in [1.807, 2.05) is 0 Å². The van der Waals surface area contributed by atoms with Crippen molar-refractivity contribution >= 4 is 0 Å². The third kappa shape index (κ3) is 3.23. The minimum absolute atomic E-state index is 0.321. The second-order valence-corrected chi connectivity index (χ2v) is 3.00. The Morgan fingerprint density at radius 1 is 1.38 bits per heavy atom. The van der Waals surface area contributed by atoms with E-state index in [0.29, 0.717) is 5.56 Å². The van der Waals surface area contributed by atoms with Gasteiger partial charge in [-0.25, -0.2) is 4.39 Å². The van der Waals surface area contributed by atoms with Gasteiger partial charge in [0.1, 0.15) is 0 Å². The third-order valence-electron chi connectivity index (χ3n) is 1.82. The van der Waals surface area contributed by atoms with Gasteiger partial charge in [0.05, 0.1) is 0 Å². The Labute approximate surface area is 89.3 Å². The molecule has 2 nitrogen and oxygen atoms in total. The van der Waals surface area contributed by atoms with Gasteiger partial charge in [-0.2, -0.15) is 0 Å². The number of hydrogen-bond acceptors (Lipinski definition) is 2. The fraction of sp³-hybridized carbons (Fsp3) is 0.200. The van der Waals surface area contributed by atoms with Gasteiger partial charge in [0.15, 0.2) is 11.6 Å². The van der Waals surface area contributed by atoms with Crippen LogP contribution in [0, 0.1) is 5.82 Å². The molecule has 1 unspecified atom stereocenters. The molecule has 0 saturated heterocycles. The molecule has 0 bridgehead atoms. The van der Waals surface area contributed by atoms with E-state index < -0.39 is 24.0 Å². The van der Waals surface area contributed by atoms with E-state index in [1.165, 1.54) is 12.1 Å². The Kier molecular flexibility index (Phi) is 3.54. The SMILES string of the molecule is C=CC(N)c1ccc(OC(F)(F)F)c(F)c1. The molecule has 6 heteroatoms. The largest absolute Gasteiger partial charge is 0.573 e. The highest BCUT2D eigenvalue weighted by Crippen LogP contribution is 2.27. The monoisotopic (exact) mass is 235 g/mol. The average molecular weight is 235 g/mol. The van der Waals surface area contributed by atoms with E-state index in [9.17, 15) is 17.6 Å². The first-order chi connectivity index (χ1) is 7.33. The van der Waals surface area contributed by atoms with Crippen molar-refractivity contribution in [1.29, 1.82) is 0 Å². The lowest BCUT2D eigenvalue weighted by molar-refractivity contribution is -0.275. The van der Waals surface area contributed by atoms with Gasteiger partial charge >= 0.3 is 6.36 Å². The van der Waals surface area contributed by atoms with Crippen molar-refractivity contribution < 1.29 is 22.3 Å². The Hall–Kier alpha value is -1.56. The van der Waals surface area contributed by atoms with E-state index in [0.717, 1.165) is 12.1 Å². The predicted molar refractivity (Wildman–Crippen MR) is 50.2 cm³/mol. The van der Waals surface area contributed by atoms with Crippen LogP contribution in [0.4, 0.5) is 17.6 Å². The van der Waals surface area contributed by atoms with Gasteiger partial charge in [-0.05, 0) is 17.7 Å². The number of ether oxygens (including phenoxy) is 1. The summed E-state index contributed by atoms with van der Waals surface area (Å²) in [7, 11) is 0. The number of hydrogen-bond donors (Lipinski definition) is 1. The lowest BCUT2D eigenvalue weighted by Crippen LogP contribution is -2.18. The van der Waals surface area contributed by atoms with E-state index in [2.05, 4.69) is 11.3 Å². The van der Waals surface area contributed by atoms with Crippen LogP contribution in [-0.2, 0) is 0 Å². The molecule has 1 aromatic carbocycles. The molecule has 1 aromatic rings. The first-order valence-electron chi connectivity index (χ1n) is 4.27. The number of alkyl halides is 3. The first-order valence-corrected chi connectivity index (χ1v) is 4.27. The minimum Gasteiger partial charge on any atom is -0.403 e. The molecule has 0 spiro atoms. The summed E-state index contributed by atoms with van der Waals surface area (Å²) < 4.78 is 52.1. The summed E-state index contributed by atoms with van der Waals surface area (Å²) in [6.07, 6.45) is -3.57. The van der Waals surface area contributed by atoms with Crippen LogP contribution >= 0.6 is 0 Å². The molecule has 2 N–H and O–H groups in total. The van der Waals surface area contributed by atoms with Crippen molar-refractivity contribution in [2.24, 2.45) is 5.73 Å². The highest BCUT2D eigenvalue weighted by atomic mass is 19.4. The molecule has 0 aliphatic rings.